The fraction of sp³-hybridized carbons (Fsp3) is 0.923. The number of methoxy groups -OCH3 is 1. The first-order valence-corrected chi connectivity index (χ1v) is 6.94. The molecule has 0 rings (SSSR count). The summed E-state index contributed by atoms with van der Waals surface area (Å²) in [5.41, 5.74) is 0. The Bertz CT molecular complexity index is 213. The van der Waals surface area contributed by atoms with Gasteiger partial charge in [-0.2, -0.15) is 0 Å². The number of nitrogens with one attached hydrogen (secondary N) is 2. The number of hydrogen-bond donors (Lipinski definition) is 2. The zero-order chi connectivity index (χ0) is 14.2. The lowest BCUT2D eigenvalue weighted by Gasteiger charge is -2.11. The van der Waals surface area contributed by atoms with Crippen LogP contribution >= 0.6 is 0 Å². The minimum absolute atomic E-state index is 0.661. The van der Waals surface area contributed by atoms with Gasteiger partial charge in [0.1, 0.15) is 0 Å². The molecule has 0 aliphatic carbocycles. The lowest BCUT2D eigenvalue weighted by molar-refractivity contribution is 0.0689. The zero-order valence-electron chi connectivity index (χ0n) is 12.5. The van der Waals surface area contributed by atoms with Crippen molar-refractivity contribution in [1.29, 1.82) is 0 Å². The van der Waals surface area contributed by atoms with Gasteiger partial charge in [-0.25, -0.2) is 0 Å². The number of unbranched alkanes of at least 4 members (excludes halogenated alkanes) is 1. The summed E-state index contributed by atoms with van der Waals surface area (Å²) in [7, 11) is 3.45. The van der Waals surface area contributed by atoms with Crippen molar-refractivity contribution in [3.8, 4) is 0 Å². The average molecular weight is 275 g/mol. The summed E-state index contributed by atoms with van der Waals surface area (Å²) >= 11 is 0. The molecule has 6 nitrogen and oxygen atoms in total. The largest absolute Gasteiger partial charge is 0.382 e. The topological polar surface area (TPSA) is 64.1 Å². The maximum atomic E-state index is 5.38. The van der Waals surface area contributed by atoms with Crippen LogP contribution in [0.15, 0.2) is 4.99 Å². The predicted molar refractivity (Wildman–Crippen MR) is 77.8 cm³/mol. The molecule has 0 unspecified atom stereocenters. The zero-order valence-corrected chi connectivity index (χ0v) is 12.5. The maximum absolute atomic E-state index is 5.38. The van der Waals surface area contributed by atoms with E-state index < -0.39 is 0 Å². The van der Waals surface area contributed by atoms with Crippen molar-refractivity contribution in [3.63, 3.8) is 0 Å². The molecule has 0 amide bonds. The van der Waals surface area contributed by atoms with Crippen LogP contribution in [0.2, 0.25) is 0 Å². The number of guanidine groups is 1. The molecule has 19 heavy (non-hydrogen) atoms. The number of hydrogen-bond acceptors (Lipinski definition) is 4. The maximum Gasteiger partial charge on any atom is 0.191 e. The molecule has 0 saturated carbocycles. The highest BCUT2D eigenvalue weighted by Gasteiger charge is 1.96. The second-order valence-corrected chi connectivity index (χ2v) is 3.93. The van der Waals surface area contributed by atoms with Gasteiger partial charge in [0.2, 0.25) is 0 Å². The van der Waals surface area contributed by atoms with Gasteiger partial charge in [0.15, 0.2) is 5.96 Å². The van der Waals surface area contributed by atoms with Crippen molar-refractivity contribution < 1.29 is 14.2 Å². The van der Waals surface area contributed by atoms with E-state index in [0.29, 0.717) is 19.8 Å². The monoisotopic (exact) mass is 275 g/mol. The van der Waals surface area contributed by atoms with Gasteiger partial charge in [0, 0.05) is 40.5 Å². The van der Waals surface area contributed by atoms with Gasteiger partial charge < -0.3 is 24.8 Å². The quantitative estimate of drug-likeness (QED) is 0.311. The smallest absolute Gasteiger partial charge is 0.191 e. The normalized spacial score (nSPS) is 11.6. The Kier molecular flexibility index (Phi) is 14.5. The highest BCUT2D eigenvalue weighted by molar-refractivity contribution is 5.79. The first kappa shape index (κ1) is 18.1. The van der Waals surface area contributed by atoms with Crippen LogP contribution in [0.25, 0.3) is 0 Å². The van der Waals surface area contributed by atoms with E-state index in [1.807, 2.05) is 6.92 Å². The molecule has 0 fully saturated rings. The number of aliphatic imine (C=N–C) groups is 1. The second-order valence-electron chi connectivity index (χ2n) is 3.93. The first-order chi connectivity index (χ1) is 9.35. The Morgan fingerprint density at radius 3 is 2.42 bits per heavy atom. The summed E-state index contributed by atoms with van der Waals surface area (Å²) in [6.07, 6.45) is 2.09. The lowest BCUT2D eigenvalue weighted by Crippen LogP contribution is -2.39. The van der Waals surface area contributed by atoms with E-state index in [-0.39, 0.29) is 0 Å². The summed E-state index contributed by atoms with van der Waals surface area (Å²) in [6.45, 7) is 7.21. The molecule has 0 atom stereocenters. The summed E-state index contributed by atoms with van der Waals surface area (Å²) in [5, 5.41) is 6.44. The molecule has 0 aliphatic rings. The molecule has 0 aromatic carbocycles. The SMILES string of the molecule is CCOCCNC(=NC)NCCCCOCCOC. The molecule has 0 saturated heterocycles. The molecule has 2 N–H and O–H groups in total. The van der Waals surface area contributed by atoms with Crippen molar-refractivity contribution in [3.05, 3.63) is 0 Å². The standard InChI is InChI=1S/C13H29N3O3/c1-4-18-10-8-16-13(14-2)15-7-5-6-9-19-12-11-17-3/h4-12H2,1-3H3,(H2,14,15,16). The summed E-state index contributed by atoms with van der Waals surface area (Å²) in [4.78, 5) is 4.14. The van der Waals surface area contributed by atoms with Crippen LogP contribution in [0.3, 0.4) is 0 Å². The highest BCUT2D eigenvalue weighted by Crippen LogP contribution is 1.88. The van der Waals surface area contributed by atoms with Crippen LogP contribution in [0.5, 0.6) is 0 Å². The van der Waals surface area contributed by atoms with E-state index in [0.717, 1.165) is 45.1 Å². The van der Waals surface area contributed by atoms with Gasteiger partial charge >= 0.3 is 0 Å². The average Bonchev–Trinajstić information content (AvgIpc) is 2.44. The van der Waals surface area contributed by atoms with Crippen LogP contribution in [0.1, 0.15) is 19.8 Å². The van der Waals surface area contributed by atoms with E-state index in [9.17, 15) is 0 Å². The Morgan fingerprint density at radius 1 is 0.947 bits per heavy atom. The molecule has 0 radical (unpaired) electrons. The molecule has 6 heteroatoms. The number of ether oxygens (including phenoxy) is 3. The van der Waals surface area contributed by atoms with Crippen LogP contribution in [0, 0.1) is 0 Å². The van der Waals surface area contributed by atoms with Crippen molar-refractivity contribution in [1.82, 2.24) is 10.6 Å². The van der Waals surface area contributed by atoms with Gasteiger partial charge in [-0.15, -0.1) is 0 Å². The van der Waals surface area contributed by atoms with Gasteiger partial charge in [-0.1, -0.05) is 0 Å². The molecular formula is C13H29N3O3. The van der Waals surface area contributed by atoms with Crippen LogP contribution in [0.4, 0.5) is 0 Å². The molecule has 114 valence electrons. The van der Waals surface area contributed by atoms with Gasteiger partial charge in [-0.05, 0) is 19.8 Å². The third kappa shape index (κ3) is 13.4. The van der Waals surface area contributed by atoms with Gasteiger partial charge in [0.05, 0.1) is 19.8 Å². The van der Waals surface area contributed by atoms with E-state index in [1.165, 1.54) is 0 Å². The van der Waals surface area contributed by atoms with Crippen molar-refractivity contribution >= 4 is 5.96 Å². The van der Waals surface area contributed by atoms with E-state index in [1.54, 1.807) is 14.2 Å². The van der Waals surface area contributed by atoms with Crippen LogP contribution in [-0.4, -0.2) is 66.2 Å². The summed E-state index contributed by atoms with van der Waals surface area (Å²) in [6, 6.07) is 0. The fourth-order valence-corrected chi connectivity index (χ4v) is 1.39. The van der Waals surface area contributed by atoms with E-state index in [4.69, 9.17) is 14.2 Å². The lowest BCUT2D eigenvalue weighted by atomic mass is 10.3. The molecule has 0 spiro atoms. The predicted octanol–water partition coefficient (Wildman–Crippen LogP) is 0.631. The van der Waals surface area contributed by atoms with Gasteiger partial charge in [0.25, 0.3) is 0 Å². The number of rotatable bonds is 12. The molecule has 0 bridgehead atoms. The Balaban J connectivity index is 3.32. The van der Waals surface area contributed by atoms with Crippen molar-refractivity contribution in [2.24, 2.45) is 4.99 Å². The minimum Gasteiger partial charge on any atom is -0.382 e. The Labute approximate surface area is 116 Å². The van der Waals surface area contributed by atoms with E-state index >= 15 is 0 Å². The molecule has 0 aliphatic heterocycles. The Hall–Kier alpha value is -0.850. The highest BCUT2D eigenvalue weighted by atomic mass is 16.5. The molecule has 0 heterocycles. The van der Waals surface area contributed by atoms with Gasteiger partial charge in [-0.3, -0.25) is 4.99 Å². The first-order valence-electron chi connectivity index (χ1n) is 6.94. The summed E-state index contributed by atoms with van der Waals surface area (Å²) in [5.74, 6) is 0.819. The fourth-order valence-electron chi connectivity index (χ4n) is 1.39. The second kappa shape index (κ2) is 15.2. The van der Waals surface area contributed by atoms with Crippen molar-refractivity contribution in [2.45, 2.75) is 19.8 Å². The van der Waals surface area contributed by atoms with Crippen LogP contribution in [-0.2, 0) is 14.2 Å². The minimum atomic E-state index is 0.661. The molecule has 0 aromatic rings. The Morgan fingerprint density at radius 2 is 1.74 bits per heavy atom. The molecule has 0 aromatic heterocycles. The molecular weight excluding hydrogens is 246 g/mol. The number of nitrogens with zero attached hydrogens (tertiary/aromatic N) is 1. The van der Waals surface area contributed by atoms with Crippen molar-refractivity contribution in [2.75, 3.05) is 60.3 Å². The van der Waals surface area contributed by atoms with Crippen LogP contribution < -0.4 is 10.6 Å². The van der Waals surface area contributed by atoms with E-state index in [2.05, 4.69) is 15.6 Å². The third-order valence-corrected chi connectivity index (χ3v) is 2.41. The summed E-state index contributed by atoms with van der Waals surface area (Å²) < 4.78 is 15.5. The third-order valence-electron chi connectivity index (χ3n) is 2.41.